The third-order valence-electron chi connectivity index (χ3n) is 3.39. The molecule has 1 heterocycles. The highest BCUT2D eigenvalue weighted by molar-refractivity contribution is 8.55. The SMILES string of the molecule is CC(C)(C)COP(=O)(OCC(C)(C)C)S[C@@H]1O[C@H](CO)[C@@H](O)[C@H](O)[C@H]1O. The minimum Gasteiger partial charge on any atom is -0.394 e. The zero-order valence-electron chi connectivity index (χ0n) is 16.3. The summed E-state index contributed by atoms with van der Waals surface area (Å²) in [5.74, 6) is 0. The molecule has 1 aliphatic rings. The van der Waals surface area contributed by atoms with Gasteiger partial charge in [-0.25, -0.2) is 4.57 Å². The van der Waals surface area contributed by atoms with Crippen molar-refractivity contribution in [3.05, 3.63) is 0 Å². The van der Waals surface area contributed by atoms with Gasteiger partial charge in [-0.15, -0.1) is 0 Å². The molecular weight excluding hydrogens is 383 g/mol. The van der Waals surface area contributed by atoms with Crippen molar-refractivity contribution in [1.29, 1.82) is 0 Å². The predicted octanol–water partition coefficient (Wildman–Crippen LogP) is 1.75. The molecule has 1 aliphatic heterocycles. The number of ether oxygens (including phenoxy) is 1. The molecule has 0 amide bonds. The molecule has 0 bridgehead atoms. The summed E-state index contributed by atoms with van der Waals surface area (Å²) in [6, 6.07) is 0. The van der Waals surface area contributed by atoms with Crippen LogP contribution < -0.4 is 0 Å². The van der Waals surface area contributed by atoms with Gasteiger partial charge in [-0.1, -0.05) is 41.5 Å². The van der Waals surface area contributed by atoms with Crippen molar-refractivity contribution in [3.8, 4) is 0 Å². The van der Waals surface area contributed by atoms with Gasteiger partial charge in [0.2, 0.25) is 0 Å². The fraction of sp³-hybridized carbons (Fsp3) is 1.00. The van der Waals surface area contributed by atoms with Gasteiger partial charge in [-0.05, 0) is 22.2 Å². The monoisotopic (exact) mass is 416 g/mol. The largest absolute Gasteiger partial charge is 0.394 e. The van der Waals surface area contributed by atoms with E-state index in [9.17, 15) is 25.0 Å². The lowest BCUT2D eigenvalue weighted by Gasteiger charge is -2.40. The third-order valence-corrected chi connectivity index (χ3v) is 7.17. The van der Waals surface area contributed by atoms with E-state index in [2.05, 4.69) is 0 Å². The molecule has 1 rings (SSSR count). The van der Waals surface area contributed by atoms with Crippen LogP contribution in [0, 0.1) is 10.8 Å². The van der Waals surface area contributed by atoms with E-state index in [0.29, 0.717) is 11.4 Å². The predicted molar refractivity (Wildman–Crippen MR) is 99.8 cm³/mol. The first-order valence-electron chi connectivity index (χ1n) is 8.55. The summed E-state index contributed by atoms with van der Waals surface area (Å²) >= 11 is 0.639. The van der Waals surface area contributed by atoms with Crippen LogP contribution in [-0.2, 0) is 18.3 Å². The van der Waals surface area contributed by atoms with E-state index in [0.717, 1.165) is 0 Å². The highest BCUT2D eigenvalue weighted by atomic mass is 32.7. The van der Waals surface area contributed by atoms with Crippen LogP contribution >= 0.6 is 18.2 Å². The van der Waals surface area contributed by atoms with Gasteiger partial charge in [0.25, 0.3) is 0 Å². The van der Waals surface area contributed by atoms with Gasteiger partial charge >= 0.3 is 6.80 Å². The lowest BCUT2D eigenvalue weighted by atomic mass is 9.99. The molecule has 0 unspecified atom stereocenters. The van der Waals surface area contributed by atoms with Gasteiger partial charge in [0.05, 0.1) is 19.8 Å². The second-order valence-corrected chi connectivity index (χ2v) is 13.0. The van der Waals surface area contributed by atoms with E-state index in [1.54, 1.807) is 0 Å². The van der Waals surface area contributed by atoms with Gasteiger partial charge < -0.3 is 34.2 Å². The second kappa shape index (κ2) is 9.20. The van der Waals surface area contributed by atoms with Crippen molar-refractivity contribution >= 4 is 18.2 Å². The number of hydrogen-bond donors (Lipinski definition) is 4. The molecule has 0 aliphatic carbocycles. The molecule has 5 atom stereocenters. The summed E-state index contributed by atoms with van der Waals surface area (Å²) < 4.78 is 29.8. The Kier molecular flexibility index (Phi) is 8.61. The Bertz CT molecular complexity index is 466. The van der Waals surface area contributed by atoms with E-state index >= 15 is 0 Å². The highest BCUT2D eigenvalue weighted by Gasteiger charge is 2.47. The van der Waals surface area contributed by atoms with Crippen molar-refractivity contribution in [1.82, 2.24) is 0 Å². The molecule has 0 radical (unpaired) electrons. The summed E-state index contributed by atoms with van der Waals surface area (Å²) in [7, 11) is 0. The summed E-state index contributed by atoms with van der Waals surface area (Å²) in [4.78, 5) is 0. The van der Waals surface area contributed by atoms with Crippen LogP contribution in [0.15, 0.2) is 0 Å². The van der Waals surface area contributed by atoms with Crippen LogP contribution in [0.4, 0.5) is 0 Å². The summed E-state index contributed by atoms with van der Waals surface area (Å²) in [6.45, 7) is 7.50. The van der Waals surface area contributed by atoms with Crippen molar-refractivity contribution in [2.45, 2.75) is 71.4 Å². The second-order valence-electron chi connectivity index (χ2n) is 8.92. The average molecular weight is 416 g/mol. The minimum atomic E-state index is -3.74. The molecule has 1 saturated heterocycles. The lowest BCUT2D eigenvalue weighted by molar-refractivity contribution is -0.205. The highest BCUT2D eigenvalue weighted by Crippen LogP contribution is 2.64. The number of aliphatic hydroxyl groups excluding tert-OH is 4. The molecular formula is C16H33O8PS. The van der Waals surface area contributed by atoms with E-state index in [1.807, 2.05) is 41.5 Å². The average Bonchev–Trinajstić information content (AvgIpc) is 2.51. The van der Waals surface area contributed by atoms with Crippen molar-refractivity contribution in [2.24, 2.45) is 10.8 Å². The first-order valence-corrected chi connectivity index (χ1v) is 11.6. The molecule has 10 heteroatoms. The first kappa shape index (κ1) is 24.3. The van der Waals surface area contributed by atoms with Crippen molar-refractivity contribution in [3.63, 3.8) is 0 Å². The van der Waals surface area contributed by atoms with E-state index in [4.69, 9.17) is 13.8 Å². The maximum absolute atomic E-state index is 13.2. The standard InChI is InChI=1S/C16H33O8PS/c1-15(2,3)8-22-25(21,23-9-16(4,5)6)26-14-13(20)12(19)11(18)10(7-17)24-14/h10-14,17-20H,7-9H2,1-6H3/t10-,11-,12+,13-,14+/m1/s1. The first-order chi connectivity index (χ1) is 11.7. The number of aliphatic hydroxyl groups is 4. The summed E-state index contributed by atoms with van der Waals surface area (Å²) in [5, 5.41) is 39.2. The summed E-state index contributed by atoms with van der Waals surface area (Å²) in [5.41, 5.74) is -1.72. The minimum absolute atomic E-state index is 0.152. The van der Waals surface area contributed by atoms with Crippen LogP contribution in [0.25, 0.3) is 0 Å². The van der Waals surface area contributed by atoms with E-state index in [1.165, 1.54) is 0 Å². The smallest absolute Gasteiger partial charge is 0.391 e. The van der Waals surface area contributed by atoms with Gasteiger partial charge in [-0.3, -0.25) is 0 Å². The number of rotatable bonds is 7. The van der Waals surface area contributed by atoms with Gasteiger partial charge in [0.1, 0.15) is 29.9 Å². The van der Waals surface area contributed by atoms with Gasteiger partial charge in [0.15, 0.2) is 0 Å². The van der Waals surface area contributed by atoms with Crippen LogP contribution in [0.3, 0.4) is 0 Å². The molecule has 0 aromatic rings. The molecule has 8 nitrogen and oxygen atoms in total. The molecule has 26 heavy (non-hydrogen) atoms. The zero-order chi connectivity index (χ0) is 20.3. The van der Waals surface area contributed by atoms with Crippen LogP contribution in [0.5, 0.6) is 0 Å². The molecule has 4 N–H and O–H groups in total. The fourth-order valence-corrected chi connectivity index (χ4v) is 5.91. The lowest BCUT2D eigenvalue weighted by Crippen LogP contribution is -2.57. The van der Waals surface area contributed by atoms with Gasteiger partial charge in [0, 0.05) is 0 Å². The zero-order valence-corrected chi connectivity index (χ0v) is 18.0. The molecule has 156 valence electrons. The Hall–Kier alpha value is 0.300. The molecule has 1 fully saturated rings. The topological polar surface area (TPSA) is 126 Å². The Morgan fingerprint density at radius 1 is 0.923 bits per heavy atom. The fourth-order valence-electron chi connectivity index (χ4n) is 1.93. The van der Waals surface area contributed by atoms with Crippen LogP contribution in [0.1, 0.15) is 41.5 Å². The van der Waals surface area contributed by atoms with E-state index < -0.39 is 43.3 Å². The maximum Gasteiger partial charge on any atom is 0.391 e. The Labute approximate surface area is 159 Å². The Balaban J connectivity index is 2.93. The maximum atomic E-state index is 13.2. The summed E-state index contributed by atoms with van der Waals surface area (Å²) in [6.07, 6.45) is -5.61. The Morgan fingerprint density at radius 2 is 1.38 bits per heavy atom. The van der Waals surface area contributed by atoms with Crippen LogP contribution in [0.2, 0.25) is 0 Å². The number of hydrogen-bond acceptors (Lipinski definition) is 9. The van der Waals surface area contributed by atoms with Gasteiger partial charge in [-0.2, -0.15) is 0 Å². The molecule has 0 spiro atoms. The van der Waals surface area contributed by atoms with E-state index in [-0.39, 0.29) is 24.0 Å². The third kappa shape index (κ3) is 7.73. The molecule has 0 aromatic heterocycles. The van der Waals surface area contributed by atoms with Crippen molar-refractivity contribution in [2.75, 3.05) is 19.8 Å². The Morgan fingerprint density at radius 3 is 1.77 bits per heavy atom. The molecule has 0 aromatic carbocycles. The van der Waals surface area contributed by atoms with Crippen LogP contribution in [-0.4, -0.2) is 70.1 Å². The quantitative estimate of drug-likeness (QED) is 0.459. The van der Waals surface area contributed by atoms with Crippen molar-refractivity contribution < 1.29 is 38.8 Å². The molecule has 0 saturated carbocycles. The normalized spacial score (nSPS) is 31.2.